The molecule has 2 rings (SSSR count). The van der Waals surface area contributed by atoms with Gasteiger partial charge in [-0.1, -0.05) is 18.5 Å². The highest BCUT2D eigenvalue weighted by Gasteiger charge is 2.15. The number of nitrogens with one attached hydrogen (secondary N) is 1. The van der Waals surface area contributed by atoms with Crippen LogP contribution in [0, 0.1) is 0 Å². The van der Waals surface area contributed by atoms with Crippen molar-refractivity contribution in [2.75, 3.05) is 52.9 Å². The molecular formula is C17H26ClN3O2. The lowest BCUT2D eigenvalue weighted by Gasteiger charge is -2.33. The van der Waals surface area contributed by atoms with Gasteiger partial charge < -0.3 is 19.9 Å². The maximum absolute atomic E-state index is 12.2. The highest BCUT2D eigenvalue weighted by molar-refractivity contribution is 6.31. The molecule has 128 valence electrons. The third-order valence-corrected chi connectivity index (χ3v) is 4.49. The molecule has 0 aromatic heterocycles. The predicted octanol–water partition coefficient (Wildman–Crippen LogP) is 2.11. The Hall–Kier alpha value is -1.30. The van der Waals surface area contributed by atoms with E-state index in [2.05, 4.69) is 22.0 Å². The Balaban J connectivity index is 1.72. The second kappa shape index (κ2) is 9.11. The second-order valence-corrected chi connectivity index (χ2v) is 6.17. The van der Waals surface area contributed by atoms with Crippen molar-refractivity contribution in [1.82, 2.24) is 15.1 Å². The van der Waals surface area contributed by atoms with E-state index in [1.54, 1.807) is 25.3 Å². The summed E-state index contributed by atoms with van der Waals surface area (Å²) < 4.78 is 5.21. The zero-order chi connectivity index (χ0) is 16.7. The number of methoxy groups -OCH3 is 1. The molecule has 1 aliphatic rings. The molecule has 1 aliphatic heterocycles. The highest BCUT2D eigenvalue weighted by Crippen LogP contribution is 2.22. The van der Waals surface area contributed by atoms with E-state index in [1.165, 1.54) is 0 Å². The van der Waals surface area contributed by atoms with E-state index >= 15 is 0 Å². The minimum Gasteiger partial charge on any atom is -0.496 e. The van der Waals surface area contributed by atoms with Crippen LogP contribution in [-0.2, 0) is 0 Å². The number of amides is 1. The molecule has 23 heavy (non-hydrogen) atoms. The van der Waals surface area contributed by atoms with Gasteiger partial charge in [-0.3, -0.25) is 4.79 Å². The third-order valence-electron chi connectivity index (χ3n) is 4.25. The van der Waals surface area contributed by atoms with Crippen LogP contribution < -0.4 is 10.1 Å². The molecule has 5 nitrogen and oxygen atoms in total. The molecule has 0 spiro atoms. The number of rotatable bonds is 7. The number of piperazine rings is 1. The maximum atomic E-state index is 12.2. The van der Waals surface area contributed by atoms with E-state index in [9.17, 15) is 4.79 Å². The Morgan fingerprint density at radius 3 is 2.61 bits per heavy atom. The summed E-state index contributed by atoms with van der Waals surface area (Å²) in [6, 6.07) is 5.07. The van der Waals surface area contributed by atoms with Crippen molar-refractivity contribution >= 4 is 17.5 Å². The number of hydrogen-bond donors (Lipinski definition) is 1. The van der Waals surface area contributed by atoms with Crippen molar-refractivity contribution < 1.29 is 9.53 Å². The minimum atomic E-state index is -0.139. The van der Waals surface area contributed by atoms with Crippen LogP contribution in [0.25, 0.3) is 0 Å². The number of halogens is 1. The van der Waals surface area contributed by atoms with Gasteiger partial charge in [-0.25, -0.2) is 0 Å². The molecular weight excluding hydrogens is 314 g/mol. The molecule has 6 heteroatoms. The Morgan fingerprint density at radius 1 is 1.26 bits per heavy atom. The predicted molar refractivity (Wildman–Crippen MR) is 93.5 cm³/mol. The lowest BCUT2D eigenvalue weighted by atomic mass is 10.2. The average Bonchev–Trinajstić information content (AvgIpc) is 2.59. The minimum absolute atomic E-state index is 0.139. The number of carbonyl (C=O) groups is 1. The highest BCUT2D eigenvalue weighted by atomic mass is 35.5. The SMILES string of the molecule is CCN1CCN(CCCNC(=O)c2cc(Cl)ccc2OC)CC1. The monoisotopic (exact) mass is 339 g/mol. The van der Waals surface area contributed by atoms with E-state index in [-0.39, 0.29) is 5.91 Å². The van der Waals surface area contributed by atoms with Gasteiger partial charge in [0.2, 0.25) is 0 Å². The molecule has 1 saturated heterocycles. The molecule has 0 atom stereocenters. The third kappa shape index (κ3) is 5.37. The first kappa shape index (κ1) is 18.0. The zero-order valence-corrected chi connectivity index (χ0v) is 14.7. The lowest BCUT2D eigenvalue weighted by molar-refractivity contribution is 0.0945. The van der Waals surface area contributed by atoms with E-state index in [0.29, 0.717) is 22.9 Å². The summed E-state index contributed by atoms with van der Waals surface area (Å²) in [7, 11) is 1.55. The maximum Gasteiger partial charge on any atom is 0.255 e. The van der Waals surface area contributed by atoms with Crippen LogP contribution in [0.2, 0.25) is 5.02 Å². The molecule has 1 N–H and O–H groups in total. The standard InChI is InChI=1S/C17H26ClN3O2/c1-3-20-9-11-21(12-10-20)8-4-7-19-17(22)15-13-14(18)5-6-16(15)23-2/h5-6,13H,3-4,7-12H2,1-2H3,(H,19,22). The smallest absolute Gasteiger partial charge is 0.255 e. The summed E-state index contributed by atoms with van der Waals surface area (Å²) in [5.41, 5.74) is 0.483. The molecule has 0 unspecified atom stereocenters. The van der Waals surface area contributed by atoms with Gasteiger partial charge >= 0.3 is 0 Å². The van der Waals surface area contributed by atoms with Gasteiger partial charge in [0.15, 0.2) is 0 Å². The summed E-state index contributed by atoms with van der Waals surface area (Å²) in [5.74, 6) is 0.405. The fraction of sp³-hybridized carbons (Fsp3) is 0.588. The largest absolute Gasteiger partial charge is 0.496 e. The summed E-state index contributed by atoms with van der Waals surface area (Å²) in [6.45, 7) is 9.52. The summed E-state index contributed by atoms with van der Waals surface area (Å²) in [6.07, 6.45) is 0.945. The van der Waals surface area contributed by atoms with E-state index in [0.717, 1.165) is 45.7 Å². The molecule has 0 aliphatic carbocycles. The van der Waals surface area contributed by atoms with Crippen molar-refractivity contribution in [3.63, 3.8) is 0 Å². The van der Waals surface area contributed by atoms with E-state index < -0.39 is 0 Å². The van der Waals surface area contributed by atoms with Crippen LogP contribution in [0.5, 0.6) is 5.75 Å². The van der Waals surface area contributed by atoms with Gasteiger partial charge in [0.25, 0.3) is 5.91 Å². The Labute approximate surface area is 143 Å². The molecule has 1 heterocycles. The van der Waals surface area contributed by atoms with Crippen molar-refractivity contribution in [2.45, 2.75) is 13.3 Å². The van der Waals surface area contributed by atoms with Crippen LogP contribution in [0.1, 0.15) is 23.7 Å². The van der Waals surface area contributed by atoms with Crippen LogP contribution in [0.3, 0.4) is 0 Å². The number of nitrogens with zero attached hydrogens (tertiary/aromatic N) is 2. The molecule has 0 saturated carbocycles. The molecule has 1 aromatic carbocycles. The zero-order valence-electron chi connectivity index (χ0n) is 14.0. The fourth-order valence-electron chi connectivity index (χ4n) is 2.79. The number of likely N-dealkylation sites (N-methyl/N-ethyl adjacent to an activating group) is 1. The summed E-state index contributed by atoms with van der Waals surface area (Å²) in [5, 5.41) is 3.48. The molecule has 1 aromatic rings. The van der Waals surface area contributed by atoms with Crippen LogP contribution in [-0.4, -0.2) is 68.6 Å². The topological polar surface area (TPSA) is 44.8 Å². The van der Waals surface area contributed by atoms with Crippen LogP contribution >= 0.6 is 11.6 Å². The van der Waals surface area contributed by atoms with Gasteiger partial charge in [-0.15, -0.1) is 0 Å². The van der Waals surface area contributed by atoms with Crippen molar-refractivity contribution in [1.29, 1.82) is 0 Å². The van der Waals surface area contributed by atoms with Crippen LogP contribution in [0.15, 0.2) is 18.2 Å². The normalized spacial score (nSPS) is 16.3. The van der Waals surface area contributed by atoms with Gasteiger partial charge in [0.1, 0.15) is 5.75 Å². The van der Waals surface area contributed by atoms with Gasteiger partial charge in [-0.05, 0) is 37.7 Å². The molecule has 0 bridgehead atoms. The molecule has 0 radical (unpaired) electrons. The summed E-state index contributed by atoms with van der Waals surface area (Å²) >= 11 is 5.96. The number of ether oxygens (including phenoxy) is 1. The first-order chi connectivity index (χ1) is 11.1. The fourth-order valence-corrected chi connectivity index (χ4v) is 2.96. The van der Waals surface area contributed by atoms with E-state index in [1.807, 2.05) is 0 Å². The van der Waals surface area contributed by atoms with E-state index in [4.69, 9.17) is 16.3 Å². The quantitative estimate of drug-likeness (QED) is 0.773. The first-order valence-corrected chi connectivity index (χ1v) is 8.58. The van der Waals surface area contributed by atoms with Crippen LogP contribution in [0.4, 0.5) is 0 Å². The number of benzene rings is 1. The van der Waals surface area contributed by atoms with Gasteiger partial charge in [-0.2, -0.15) is 0 Å². The second-order valence-electron chi connectivity index (χ2n) is 5.73. The average molecular weight is 340 g/mol. The van der Waals surface area contributed by atoms with Gasteiger partial charge in [0, 0.05) is 37.7 Å². The van der Waals surface area contributed by atoms with Crippen molar-refractivity contribution in [3.05, 3.63) is 28.8 Å². The number of carbonyl (C=O) groups excluding carboxylic acids is 1. The van der Waals surface area contributed by atoms with Gasteiger partial charge in [0.05, 0.1) is 12.7 Å². The Bertz CT molecular complexity index is 517. The Kier molecular flexibility index (Phi) is 7.15. The van der Waals surface area contributed by atoms with Crippen molar-refractivity contribution in [3.8, 4) is 5.75 Å². The lowest BCUT2D eigenvalue weighted by Crippen LogP contribution is -2.46. The molecule has 1 amide bonds. The van der Waals surface area contributed by atoms with Crippen molar-refractivity contribution in [2.24, 2.45) is 0 Å². The molecule has 1 fully saturated rings. The number of hydrogen-bond acceptors (Lipinski definition) is 4. The first-order valence-electron chi connectivity index (χ1n) is 8.20. The summed E-state index contributed by atoms with van der Waals surface area (Å²) in [4.78, 5) is 17.2. The Morgan fingerprint density at radius 2 is 1.96 bits per heavy atom.